The molecule has 1 heterocycles. The van der Waals surface area contributed by atoms with Crippen molar-refractivity contribution in [2.75, 3.05) is 11.5 Å². The van der Waals surface area contributed by atoms with E-state index in [1.165, 1.54) is 23.5 Å². The number of thioether (sulfide) groups is 1. The lowest BCUT2D eigenvalue weighted by Crippen LogP contribution is -1.86. The molecule has 0 saturated heterocycles. The third-order valence-electron chi connectivity index (χ3n) is 1.28. The normalized spacial score (nSPS) is 29.7. The highest BCUT2D eigenvalue weighted by atomic mass is 32.2. The summed E-state index contributed by atoms with van der Waals surface area (Å²) in [5.41, 5.74) is 1.48. The first-order valence-corrected chi connectivity index (χ1v) is 4.45. The highest BCUT2D eigenvalue weighted by Gasteiger charge is 1.91. The first kappa shape index (κ1) is 6.94. The van der Waals surface area contributed by atoms with Crippen molar-refractivity contribution in [2.45, 2.75) is 13.3 Å². The minimum absolute atomic E-state index is 1.21. The molecule has 0 nitrogen and oxygen atoms in total. The molecule has 50 valence electrons. The average Bonchev–Trinajstić information content (AvgIpc) is 1.79. The maximum absolute atomic E-state index is 2.23. The van der Waals surface area contributed by atoms with Crippen LogP contribution in [0.5, 0.6) is 0 Å². The number of allylic oxidation sites excluding steroid dienone is 3. The molecule has 0 fully saturated rings. The van der Waals surface area contributed by atoms with E-state index < -0.39 is 0 Å². The molecule has 0 unspecified atom stereocenters. The molecule has 9 heavy (non-hydrogen) atoms. The predicted octanol–water partition coefficient (Wildman–Crippen LogP) is 2.63. The van der Waals surface area contributed by atoms with E-state index in [0.717, 1.165) is 0 Å². The molecule has 1 aliphatic heterocycles. The van der Waals surface area contributed by atoms with Crippen molar-refractivity contribution in [2.24, 2.45) is 0 Å². The zero-order valence-corrected chi connectivity index (χ0v) is 6.58. The molecule has 0 spiro atoms. The Labute approximate surface area is 61.0 Å². The number of hydrogen-bond donors (Lipinski definition) is 0. The molecule has 1 rings (SSSR count). The number of rotatable bonds is 0. The SMILES string of the molecule is C/C1=C/C=C\CCSC1. The Balaban J connectivity index is 2.48. The lowest BCUT2D eigenvalue weighted by molar-refractivity contribution is 1.23. The molecule has 0 aromatic heterocycles. The van der Waals surface area contributed by atoms with Crippen LogP contribution in [0.4, 0.5) is 0 Å². The lowest BCUT2D eigenvalue weighted by Gasteiger charge is -2.01. The standard InChI is InChI=1S/C8H12S/c1-8-5-3-2-4-6-9-7-8/h2-3,5H,4,6-7H2,1H3/b3-2-,8-5-. The van der Waals surface area contributed by atoms with Crippen LogP contribution in [0.25, 0.3) is 0 Å². The summed E-state index contributed by atoms with van der Waals surface area (Å²) >= 11 is 2.02. The first-order chi connectivity index (χ1) is 4.39. The van der Waals surface area contributed by atoms with Gasteiger partial charge in [-0.2, -0.15) is 11.8 Å². The van der Waals surface area contributed by atoms with Crippen LogP contribution in [0.3, 0.4) is 0 Å². The molecule has 1 heteroatoms. The fourth-order valence-corrected chi connectivity index (χ4v) is 1.63. The highest BCUT2D eigenvalue weighted by molar-refractivity contribution is 7.99. The minimum atomic E-state index is 1.21. The van der Waals surface area contributed by atoms with Crippen molar-refractivity contribution in [1.29, 1.82) is 0 Å². The van der Waals surface area contributed by atoms with Crippen molar-refractivity contribution >= 4 is 11.8 Å². The Kier molecular flexibility index (Phi) is 2.92. The van der Waals surface area contributed by atoms with Crippen LogP contribution in [-0.2, 0) is 0 Å². The van der Waals surface area contributed by atoms with Gasteiger partial charge in [0.1, 0.15) is 0 Å². The second-order valence-electron chi connectivity index (χ2n) is 2.28. The smallest absolute Gasteiger partial charge is 0.0143 e. The van der Waals surface area contributed by atoms with Gasteiger partial charge in [0, 0.05) is 5.75 Å². The summed E-state index contributed by atoms with van der Waals surface area (Å²) in [6, 6.07) is 0. The zero-order chi connectivity index (χ0) is 6.53. The van der Waals surface area contributed by atoms with Crippen LogP contribution in [-0.4, -0.2) is 11.5 Å². The monoisotopic (exact) mass is 140 g/mol. The molecule has 0 saturated carbocycles. The summed E-state index contributed by atoms with van der Waals surface area (Å²) < 4.78 is 0. The van der Waals surface area contributed by atoms with Crippen LogP contribution < -0.4 is 0 Å². The summed E-state index contributed by atoms with van der Waals surface area (Å²) in [5.74, 6) is 2.49. The summed E-state index contributed by atoms with van der Waals surface area (Å²) in [7, 11) is 0. The van der Waals surface area contributed by atoms with Crippen molar-refractivity contribution in [3.63, 3.8) is 0 Å². The molecule has 0 aromatic carbocycles. The molecular formula is C8H12S. The van der Waals surface area contributed by atoms with Gasteiger partial charge in [-0.3, -0.25) is 0 Å². The van der Waals surface area contributed by atoms with Crippen molar-refractivity contribution < 1.29 is 0 Å². The van der Waals surface area contributed by atoms with Crippen LogP contribution in [0, 0.1) is 0 Å². The summed E-state index contributed by atoms with van der Waals surface area (Å²) in [4.78, 5) is 0. The second kappa shape index (κ2) is 3.78. The Morgan fingerprint density at radius 3 is 3.33 bits per heavy atom. The summed E-state index contributed by atoms with van der Waals surface area (Å²) in [6.45, 7) is 2.18. The quantitative estimate of drug-likeness (QED) is 0.498. The first-order valence-electron chi connectivity index (χ1n) is 3.29. The average molecular weight is 140 g/mol. The molecule has 0 atom stereocenters. The van der Waals surface area contributed by atoms with Crippen LogP contribution >= 0.6 is 11.8 Å². The third kappa shape index (κ3) is 2.75. The summed E-state index contributed by atoms with van der Waals surface area (Å²) in [5, 5.41) is 0. The fraction of sp³-hybridized carbons (Fsp3) is 0.500. The summed E-state index contributed by atoms with van der Waals surface area (Å²) in [6.07, 6.45) is 7.82. The maximum atomic E-state index is 2.23. The van der Waals surface area contributed by atoms with E-state index in [1.807, 2.05) is 11.8 Å². The van der Waals surface area contributed by atoms with E-state index in [0.29, 0.717) is 0 Å². The fourth-order valence-electron chi connectivity index (χ4n) is 0.761. The number of hydrogen-bond acceptors (Lipinski definition) is 1. The molecule has 0 N–H and O–H groups in total. The van der Waals surface area contributed by atoms with Gasteiger partial charge in [-0.05, 0) is 19.1 Å². The maximum Gasteiger partial charge on any atom is 0.0143 e. The molecule has 0 aromatic rings. The van der Waals surface area contributed by atoms with E-state index in [9.17, 15) is 0 Å². The van der Waals surface area contributed by atoms with E-state index >= 15 is 0 Å². The van der Waals surface area contributed by atoms with Gasteiger partial charge in [0.2, 0.25) is 0 Å². The van der Waals surface area contributed by atoms with E-state index in [4.69, 9.17) is 0 Å². The topological polar surface area (TPSA) is 0 Å². The van der Waals surface area contributed by atoms with Gasteiger partial charge in [-0.1, -0.05) is 23.8 Å². The van der Waals surface area contributed by atoms with Gasteiger partial charge < -0.3 is 0 Å². The molecular weight excluding hydrogens is 128 g/mol. The van der Waals surface area contributed by atoms with Crippen LogP contribution in [0.1, 0.15) is 13.3 Å². The van der Waals surface area contributed by atoms with E-state index in [2.05, 4.69) is 25.2 Å². The van der Waals surface area contributed by atoms with Gasteiger partial charge in [-0.25, -0.2) is 0 Å². The lowest BCUT2D eigenvalue weighted by atomic mass is 10.3. The van der Waals surface area contributed by atoms with Gasteiger partial charge in [0.15, 0.2) is 0 Å². The van der Waals surface area contributed by atoms with Gasteiger partial charge in [-0.15, -0.1) is 0 Å². The Bertz CT molecular complexity index is 134. The second-order valence-corrected chi connectivity index (χ2v) is 3.39. The van der Waals surface area contributed by atoms with Crippen molar-refractivity contribution in [1.82, 2.24) is 0 Å². The van der Waals surface area contributed by atoms with Crippen LogP contribution in [0.2, 0.25) is 0 Å². The van der Waals surface area contributed by atoms with E-state index in [-0.39, 0.29) is 0 Å². The highest BCUT2D eigenvalue weighted by Crippen LogP contribution is 2.11. The zero-order valence-electron chi connectivity index (χ0n) is 5.76. The molecule has 1 aliphatic rings. The Morgan fingerprint density at radius 2 is 2.44 bits per heavy atom. The van der Waals surface area contributed by atoms with Crippen molar-refractivity contribution in [3.05, 3.63) is 23.8 Å². The molecule has 0 bridgehead atoms. The van der Waals surface area contributed by atoms with Gasteiger partial charge >= 0.3 is 0 Å². The van der Waals surface area contributed by atoms with Gasteiger partial charge in [0.05, 0.1) is 0 Å². The Hall–Kier alpha value is -0.170. The van der Waals surface area contributed by atoms with Crippen molar-refractivity contribution in [3.8, 4) is 0 Å². The van der Waals surface area contributed by atoms with Gasteiger partial charge in [0.25, 0.3) is 0 Å². The predicted molar refractivity (Wildman–Crippen MR) is 44.8 cm³/mol. The largest absolute Gasteiger partial charge is 0.157 e. The molecule has 0 amide bonds. The molecule has 0 radical (unpaired) electrons. The minimum Gasteiger partial charge on any atom is -0.157 e. The Morgan fingerprint density at radius 1 is 1.56 bits per heavy atom. The van der Waals surface area contributed by atoms with Crippen LogP contribution in [0.15, 0.2) is 23.8 Å². The third-order valence-corrected chi connectivity index (χ3v) is 2.46. The van der Waals surface area contributed by atoms with E-state index in [1.54, 1.807) is 0 Å². The molecule has 0 aliphatic carbocycles.